The van der Waals surface area contributed by atoms with E-state index in [1.54, 1.807) is 0 Å². The summed E-state index contributed by atoms with van der Waals surface area (Å²) < 4.78 is 0. The lowest BCUT2D eigenvalue weighted by molar-refractivity contribution is 1.07. The molecule has 0 radical (unpaired) electrons. The first-order valence-electron chi connectivity index (χ1n) is 22.1. The SMILES string of the molecule is [C-]#[N+]c1ccc(-c2cccc(-c3nc(-c4ccccc4)nc(-c4ccc5ccc6ccccc6c5c4)n3)c2)cc1-c1cccc(-c2ccccc2-c2ccc3c(ccc4ccccc43)c2)c1. The van der Waals surface area contributed by atoms with E-state index in [0.717, 1.165) is 72.0 Å². The van der Waals surface area contributed by atoms with Gasteiger partial charge in [0.2, 0.25) is 0 Å². The number of hydrogen-bond acceptors (Lipinski definition) is 3. The molecular formula is C62H38N4. The third-order valence-corrected chi connectivity index (χ3v) is 12.7. The Hall–Kier alpha value is -9.04. The zero-order valence-electron chi connectivity index (χ0n) is 35.7. The molecule has 0 saturated heterocycles. The molecule has 66 heavy (non-hydrogen) atoms. The topological polar surface area (TPSA) is 43.0 Å². The second-order valence-electron chi connectivity index (χ2n) is 16.7. The lowest BCUT2D eigenvalue weighted by atomic mass is 9.90. The Kier molecular flexibility index (Phi) is 9.51. The molecule has 0 atom stereocenters. The highest BCUT2D eigenvalue weighted by Gasteiger charge is 2.16. The Morgan fingerprint density at radius 1 is 0.258 bits per heavy atom. The van der Waals surface area contributed by atoms with Crippen molar-refractivity contribution < 1.29 is 0 Å². The fourth-order valence-electron chi connectivity index (χ4n) is 9.40. The van der Waals surface area contributed by atoms with Crippen molar-refractivity contribution >= 4 is 48.8 Å². The molecule has 0 bridgehead atoms. The predicted molar refractivity (Wildman–Crippen MR) is 274 cm³/mol. The zero-order valence-corrected chi connectivity index (χ0v) is 35.7. The molecule has 306 valence electrons. The molecule has 0 unspecified atom stereocenters. The largest absolute Gasteiger partial charge is 0.238 e. The van der Waals surface area contributed by atoms with Gasteiger partial charge in [-0.2, -0.15) is 0 Å². The number of benzene rings is 11. The molecule has 0 aliphatic carbocycles. The van der Waals surface area contributed by atoms with Crippen LogP contribution in [0.15, 0.2) is 231 Å². The first-order valence-corrected chi connectivity index (χ1v) is 22.1. The summed E-state index contributed by atoms with van der Waals surface area (Å²) in [7, 11) is 0. The normalized spacial score (nSPS) is 11.3. The van der Waals surface area contributed by atoms with Crippen molar-refractivity contribution in [3.05, 3.63) is 242 Å². The highest BCUT2D eigenvalue weighted by Crippen LogP contribution is 2.40. The van der Waals surface area contributed by atoms with E-state index >= 15 is 0 Å². The summed E-state index contributed by atoms with van der Waals surface area (Å²) in [5.41, 5.74) is 11.7. The van der Waals surface area contributed by atoms with Gasteiger partial charge in [0, 0.05) is 16.7 Å². The smallest absolute Gasteiger partial charge is 0.194 e. The van der Waals surface area contributed by atoms with Crippen LogP contribution in [0.1, 0.15) is 0 Å². The van der Waals surface area contributed by atoms with Gasteiger partial charge in [0.15, 0.2) is 23.2 Å². The number of rotatable bonds is 7. The summed E-state index contributed by atoms with van der Waals surface area (Å²) in [6, 6.07) is 80.7. The van der Waals surface area contributed by atoms with Crippen LogP contribution in [-0.4, -0.2) is 15.0 Å². The van der Waals surface area contributed by atoms with Gasteiger partial charge in [-0.15, -0.1) is 0 Å². The average Bonchev–Trinajstić information content (AvgIpc) is 3.40. The van der Waals surface area contributed by atoms with Crippen LogP contribution in [0.2, 0.25) is 0 Å². The average molecular weight is 839 g/mol. The van der Waals surface area contributed by atoms with Crippen LogP contribution in [0.25, 0.3) is 127 Å². The maximum Gasteiger partial charge on any atom is 0.194 e. The van der Waals surface area contributed by atoms with E-state index in [1.807, 2.05) is 48.5 Å². The molecule has 1 heterocycles. The Morgan fingerprint density at radius 2 is 0.697 bits per heavy atom. The molecule has 0 fully saturated rings. The molecule has 4 heteroatoms. The minimum atomic E-state index is 0.586. The van der Waals surface area contributed by atoms with Crippen molar-refractivity contribution in [3.8, 4) is 78.7 Å². The van der Waals surface area contributed by atoms with E-state index in [1.165, 1.54) is 32.3 Å². The summed E-state index contributed by atoms with van der Waals surface area (Å²) in [5, 5.41) is 9.67. The van der Waals surface area contributed by atoms with Crippen molar-refractivity contribution in [2.45, 2.75) is 0 Å². The molecule has 0 saturated carbocycles. The lowest BCUT2D eigenvalue weighted by Crippen LogP contribution is -2.00. The van der Waals surface area contributed by atoms with Crippen LogP contribution in [0.4, 0.5) is 5.69 Å². The summed E-state index contributed by atoms with van der Waals surface area (Å²) in [5.74, 6) is 1.81. The monoisotopic (exact) mass is 838 g/mol. The van der Waals surface area contributed by atoms with Crippen LogP contribution in [0.3, 0.4) is 0 Å². The number of fused-ring (bicyclic) bond motifs is 6. The third kappa shape index (κ3) is 7.02. The molecule has 12 aromatic rings. The van der Waals surface area contributed by atoms with E-state index in [-0.39, 0.29) is 0 Å². The quantitative estimate of drug-likeness (QED) is 0.119. The maximum absolute atomic E-state index is 8.20. The van der Waals surface area contributed by atoms with Gasteiger partial charge in [-0.05, 0) is 112 Å². The fraction of sp³-hybridized carbons (Fsp3) is 0. The van der Waals surface area contributed by atoms with Crippen LogP contribution in [0.5, 0.6) is 0 Å². The number of nitrogens with zero attached hydrogens (tertiary/aromatic N) is 4. The molecule has 1 aromatic heterocycles. The van der Waals surface area contributed by atoms with Gasteiger partial charge >= 0.3 is 0 Å². The predicted octanol–water partition coefficient (Wildman–Crippen LogP) is 16.7. The van der Waals surface area contributed by atoms with E-state index in [9.17, 15) is 0 Å². The van der Waals surface area contributed by atoms with Crippen LogP contribution < -0.4 is 0 Å². The highest BCUT2D eigenvalue weighted by atomic mass is 15.0. The van der Waals surface area contributed by atoms with E-state index in [2.05, 4.69) is 187 Å². The Bertz CT molecular complexity index is 3900. The third-order valence-electron chi connectivity index (χ3n) is 12.7. The van der Waals surface area contributed by atoms with Crippen molar-refractivity contribution in [1.82, 2.24) is 15.0 Å². The summed E-state index contributed by atoms with van der Waals surface area (Å²) >= 11 is 0. The van der Waals surface area contributed by atoms with Crippen molar-refractivity contribution in [2.24, 2.45) is 0 Å². The van der Waals surface area contributed by atoms with E-state index in [0.29, 0.717) is 23.2 Å². The second kappa shape index (κ2) is 16.3. The van der Waals surface area contributed by atoms with Gasteiger partial charge in [0.1, 0.15) is 0 Å². The van der Waals surface area contributed by atoms with Gasteiger partial charge in [0.05, 0.1) is 6.57 Å². The molecule has 0 N–H and O–H groups in total. The van der Waals surface area contributed by atoms with Crippen molar-refractivity contribution in [1.29, 1.82) is 0 Å². The maximum atomic E-state index is 8.20. The Morgan fingerprint density at radius 3 is 1.41 bits per heavy atom. The molecule has 0 amide bonds. The Labute approximate surface area is 382 Å². The van der Waals surface area contributed by atoms with Gasteiger partial charge in [-0.25, -0.2) is 19.8 Å². The number of aromatic nitrogens is 3. The molecule has 4 nitrogen and oxygen atoms in total. The van der Waals surface area contributed by atoms with Crippen LogP contribution in [0, 0.1) is 6.57 Å². The van der Waals surface area contributed by atoms with Gasteiger partial charge in [-0.3, -0.25) is 0 Å². The standard InChI is InChI=1S/C62H38N4/c1-63-59-34-32-45(38-58(59)47-19-12-18-46(36-47)54-23-9-10-24-55(54)49-31-33-56-48(37-49)29-27-40-13-5-7-21-52(40)56)44-17-11-20-50(35-44)61-64-60(43-15-3-2-4-16-43)65-62(66-61)51-30-28-42-26-25-41-14-6-8-22-53(41)57(42)39-51/h2-39H. The molecular weight excluding hydrogens is 801 g/mol. The minimum absolute atomic E-state index is 0.586. The highest BCUT2D eigenvalue weighted by molar-refractivity contribution is 6.10. The molecule has 11 aromatic carbocycles. The van der Waals surface area contributed by atoms with Crippen molar-refractivity contribution in [3.63, 3.8) is 0 Å². The lowest BCUT2D eigenvalue weighted by Gasteiger charge is -2.14. The van der Waals surface area contributed by atoms with E-state index in [4.69, 9.17) is 21.5 Å². The van der Waals surface area contributed by atoms with Gasteiger partial charge in [-0.1, -0.05) is 206 Å². The molecule has 0 aliphatic rings. The second-order valence-corrected chi connectivity index (χ2v) is 16.7. The summed E-state index contributed by atoms with van der Waals surface area (Å²) in [6.07, 6.45) is 0. The fourth-order valence-corrected chi connectivity index (χ4v) is 9.40. The number of hydrogen-bond donors (Lipinski definition) is 0. The zero-order chi connectivity index (χ0) is 44.0. The van der Waals surface area contributed by atoms with Gasteiger partial charge in [0.25, 0.3) is 0 Å². The summed E-state index contributed by atoms with van der Waals surface area (Å²) in [4.78, 5) is 19.3. The first-order chi connectivity index (χ1) is 32.6. The van der Waals surface area contributed by atoms with E-state index < -0.39 is 0 Å². The summed E-state index contributed by atoms with van der Waals surface area (Å²) in [6.45, 7) is 8.20. The van der Waals surface area contributed by atoms with Crippen molar-refractivity contribution in [2.75, 3.05) is 0 Å². The Balaban J connectivity index is 0.921. The first kappa shape index (κ1) is 38.6. The molecule has 0 spiro atoms. The minimum Gasteiger partial charge on any atom is -0.238 e. The molecule has 12 rings (SSSR count). The van der Waals surface area contributed by atoms with Gasteiger partial charge < -0.3 is 0 Å². The van der Waals surface area contributed by atoms with Crippen LogP contribution >= 0.6 is 0 Å². The van der Waals surface area contributed by atoms with Crippen LogP contribution in [-0.2, 0) is 0 Å². The molecule has 0 aliphatic heterocycles.